The van der Waals surface area contributed by atoms with Crippen molar-refractivity contribution in [1.29, 1.82) is 0 Å². The summed E-state index contributed by atoms with van der Waals surface area (Å²) in [7, 11) is 3.60. The summed E-state index contributed by atoms with van der Waals surface area (Å²) in [6.07, 6.45) is 3.93. The van der Waals surface area contributed by atoms with E-state index >= 15 is 0 Å². The zero-order valence-corrected chi connectivity index (χ0v) is 13.8. The van der Waals surface area contributed by atoms with Crippen LogP contribution in [0.3, 0.4) is 0 Å². The van der Waals surface area contributed by atoms with E-state index in [1.54, 1.807) is 7.11 Å². The Hall–Kier alpha value is -1.33. The summed E-state index contributed by atoms with van der Waals surface area (Å²) in [5.74, 6) is 0.848. The molecule has 0 aliphatic heterocycles. The van der Waals surface area contributed by atoms with Crippen LogP contribution in [0.2, 0.25) is 0 Å². The van der Waals surface area contributed by atoms with Gasteiger partial charge in [0, 0.05) is 30.9 Å². The van der Waals surface area contributed by atoms with Crippen molar-refractivity contribution >= 4 is 15.9 Å². The third-order valence-corrected chi connectivity index (χ3v) is 4.02. The van der Waals surface area contributed by atoms with E-state index in [1.165, 1.54) is 11.1 Å². The van der Waals surface area contributed by atoms with Gasteiger partial charge in [-0.2, -0.15) is 5.10 Å². The van der Waals surface area contributed by atoms with Crippen LogP contribution in [0.1, 0.15) is 37.1 Å². The van der Waals surface area contributed by atoms with Gasteiger partial charge in [-0.15, -0.1) is 0 Å². The first-order valence-corrected chi connectivity index (χ1v) is 7.38. The Bertz CT molecular complexity index is 582. The summed E-state index contributed by atoms with van der Waals surface area (Å²) in [6.45, 7) is 4.30. The van der Waals surface area contributed by atoms with Gasteiger partial charge in [-0.1, -0.05) is 6.07 Å². The molecule has 1 N–H and O–H groups in total. The smallest absolute Gasteiger partial charge is 0.133 e. The van der Waals surface area contributed by atoms with Crippen LogP contribution in [0.4, 0.5) is 0 Å². The number of aryl methyl sites for hydroxylation is 1. The molecular weight excluding hydrogens is 318 g/mol. The minimum atomic E-state index is 0.243. The molecule has 0 saturated heterocycles. The summed E-state index contributed by atoms with van der Waals surface area (Å²) in [6, 6.07) is 6.64. The van der Waals surface area contributed by atoms with E-state index in [9.17, 15) is 0 Å². The van der Waals surface area contributed by atoms with E-state index in [0.717, 1.165) is 10.2 Å². The number of ether oxygens (including phenoxy) is 1. The third-order valence-electron chi connectivity index (χ3n) is 3.40. The predicted octanol–water partition coefficient (Wildman–Crippen LogP) is 3.60. The van der Waals surface area contributed by atoms with E-state index < -0.39 is 0 Å². The Kier molecular flexibility index (Phi) is 4.83. The van der Waals surface area contributed by atoms with Gasteiger partial charge >= 0.3 is 0 Å². The number of methoxy groups -OCH3 is 1. The van der Waals surface area contributed by atoms with Crippen molar-refractivity contribution in [2.45, 2.75) is 25.9 Å². The zero-order valence-electron chi connectivity index (χ0n) is 12.2. The fraction of sp³-hybridized carbons (Fsp3) is 0.400. The molecule has 1 heterocycles. The highest BCUT2D eigenvalue weighted by molar-refractivity contribution is 9.10. The number of hydrogen-bond acceptors (Lipinski definition) is 3. The molecule has 1 aromatic carbocycles. The van der Waals surface area contributed by atoms with Crippen LogP contribution in [0, 0.1) is 0 Å². The van der Waals surface area contributed by atoms with E-state index in [-0.39, 0.29) is 12.1 Å². The van der Waals surface area contributed by atoms with Gasteiger partial charge in [-0.05, 0) is 47.5 Å². The Morgan fingerprint density at radius 3 is 2.50 bits per heavy atom. The molecule has 2 unspecified atom stereocenters. The van der Waals surface area contributed by atoms with Crippen molar-refractivity contribution in [1.82, 2.24) is 15.1 Å². The highest BCUT2D eigenvalue weighted by Gasteiger charge is 2.13. The minimum Gasteiger partial charge on any atom is -0.496 e. The first kappa shape index (κ1) is 15.1. The van der Waals surface area contributed by atoms with E-state index in [2.05, 4.69) is 52.3 Å². The number of nitrogens with zero attached hydrogens (tertiary/aromatic N) is 2. The second-order valence-corrected chi connectivity index (χ2v) is 5.81. The largest absolute Gasteiger partial charge is 0.496 e. The Morgan fingerprint density at radius 2 is 1.95 bits per heavy atom. The molecular formula is C15H20BrN3O. The molecule has 5 heteroatoms. The Balaban J connectivity index is 2.07. The SMILES string of the molecule is COc1ccc(C(C)NC(C)c2cnn(C)c2)cc1Br. The Morgan fingerprint density at radius 1 is 1.25 bits per heavy atom. The van der Waals surface area contributed by atoms with Gasteiger partial charge in [-0.25, -0.2) is 0 Å². The van der Waals surface area contributed by atoms with Crippen molar-refractivity contribution in [3.05, 3.63) is 46.2 Å². The standard InChI is InChI=1S/C15H20BrN3O/c1-10(12-5-6-15(20-4)14(16)7-12)18-11(2)13-8-17-19(3)9-13/h5-11,18H,1-4H3. The second-order valence-electron chi connectivity index (χ2n) is 4.95. The number of aromatic nitrogens is 2. The molecule has 0 aliphatic rings. The summed E-state index contributed by atoms with van der Waals surface area (Å²) in [5.41, 5.74) is 2.40. The van der Waals surface area contributed by atoms with E-state index in [4.69, 9.17) is 4.74 Å². The molecule has 0 saturated carbocycles. The van der Waals surface area contributed by atoms with Crippen LogP contribution in [0.25, 0.3) is 0 Å². The molecule has 2 atom stereocenters. The molecule has 1 aromatic heterocycles. The lowest BCUT2D eigenvalue weighted by molar-refractivity contribution is 0.411. The van der Waals surface area contributed by atoms with Crippen LogP contribution in [0.5, 0.6) is 5.75 Å². The maximum atomic E-state index is 5.25. The lowest BCUT2D eigenvalue weighted by Gasteiger charge is -2.20. The maximum Gasteiger partial charge on any atom is 0.133 e. The van der Waals surface area contributed by atoms with Crippen LogP contribution < -0.4 is 10.1 Å². The topological polar surface area (TPSA) is 39.1 Å². The first-order chi connectivity index (χ1) is 9.51. The molecule has 0 bridgehead atoms. The molecule has 0 spiro atoms. The van der Waals surface area contributed by atoms with Gasteiger partial charge in [0.25, 0.3) is 0 Å². The van der Waals surface area contributed by atoms with Crippen LogP contribution in [-0.2, 0) is 7.05 Å². The summed E-state index contributed by atoms with van der Waals surface area (Å²) < 4.78 is 8.05. The van der Waals surface area contributed by atoms with Crippen LogP contribution in [-0.4, -0.2) is 16.9 Å². The lowest BCUT2D eigenvalue weighted by Crippen LogP contribution is -2.22. The van der Waals surface area contributed by atoms with Crippen molar-refractivity contribution in [3.63, 3.8) is 0 Å². The number of hydrogen-bond donors (Lipinski definition) is 1. The highest BCUT2D eigenvalue weighted by Crippen LogP contribution is 2.28. The molecule has 20 heavy (non-hydrogen) atoms. The lowest BCUT2D eigenvalue weighted by atomic mass is 10.1. The minimum absolute atomic E-state index is 0.243. The quantitative estimate of drug-likeness (QED) is 0.905. The van der Waals surface area contributed by atoms with Crippen molar-refractivity contribution in [3.8, 4) is 5.75 Å². The summed E-state index contributed by atoms with van der Waals surface area (Å²) in [5, 5.41) is 7.78. The molecule has 0 radical (unpaired) electrons. The van der Waals surface area contributed by atoms with Gasteiger partial charge in [0.2, 0.25) is 0 Å². The molecule has 108 valence electrons. The van der Waals surface area contributed by atoms with Crippen LogP contribution in [0.15, 0.2) is 35.1 Å². The van der Waals surface area contributed by atoms with Gasteiger partial charge < -0.3 is 10.1 Å². The normalized spacial score (nSPS) is 14.1. The average Bonchev–Trinajstić information content (AvgIpc) is 2.85. The average molecular weight is 338 g/mol. The van der Waals surface area contributed by atoms with Crippen LogP contribution >= 0.6 is 15.9 Å². The second kappa shape index (κ2) is 6.41. The molecule has 0 amide bonds. The molecule has 0 aliphatic carbocycles. The number of halogens is 1. The fourth-order valence-electron chi connectivity index (χ4n) is 2.18. The third kappa shape index (κ3) is 3.41. The van der Waals surface area contributed by atoms with Gasteiger partial charge in [-0.3, -0.25) is 4.68 Å². The maximum absolute atomic E-state index is 5.25. The Labute approximate surface area is 128 Å². The van der Waals surface area contributed by atoms with E-state index in [0.29, 0.717) is 0 Å². The first-order valence-electron chi connectivity index (χ1n) is 6.59. The van der Waals surface area contributed by atoms with Gasteiger partial charge in [0.15, 0.2) is 0 Å². The monoisotopic (exact) mass is 337 g/mol. The molecule has 4 nitrogen and oxygen atoms in total. The highest BCUT2D eigenvalue weighted by atomic mass is 79.9. The van der Waals surface area contributed by atoms with Gasteiger partial charge in [0.05, 0.1) is 17.8 Å². The molecule has 0 fully saturated rings. The molecule has 2 aromatic rings. The predicted molar refractivity (Wildman–Crippen MR) is 83.9 cm³/mol. The van der Waals surface area contributed by atoms with Crippen molar-refractivity contribution < 1.29 is 4.74 Å². The fourth-order valence-corrected chi connectivity index (χ4v) is 2.74. The van der Waals surface area contributed by atoms with Crippen molar-refractivity contribution in [2.24, 2.45) is 7.05 Å². The number of benzene rings is 1. The number of nitrogens with one attached hydrogen (secondary N) is 1. The van der Waals surface area contributed by atoms with Gasteiger partial charge in [0.1, 0.15) is 5.75 Å². The summed E-state index contributed by atoms with van der Waals surface area (Å²) >= 11 is 3.52. The molecule has 2 rings (SSSR count). The zero-order chi connectivity index (χ0) is 14.7. The van der Waals surface area contributed by atoms with E-state index in [1.807, 2.05) is 30.2 Å². The van der Waals surface area contributed by atoms with Crippen molar-refractivity contribution in [2.75, 3.05) is 7.11 Å². The summed E-state index contributed by atoms with van der Waals surface area (Å²) in [4.78, 5) is 0. The number of rotatable bonds is 5.